The van der Waals surface area contributed by atoms with Crippen molar-refractivity contribution < 1.29 is 8.78 Å². The molecule has 4 rings (SSSR count). The van der Waals surface area contributed by atoms with Crippen LogP contribution >= 0.6 is 0 Å². The average Bonchev–Trinajstić information content (AvgIpc) is 2.96. The molecule has 2 aromatic carbocycles. The summed E-state index contributed by atoms with van der Waals surface area (Å²) in [5.41, 5.74) is 4.16. The first-order chi connectivity index (χ1) is 12.5. The second-order valence-corrected chi connectivity index (χ2v) is 6.23. The Morgan fingerprint density at radius 2 is 1.62 bits per heavy atom. The van der Waals surface area contributed by atoms with Gasteiger partial charge in [0.15, 0.2) is 0 Å². The molecule has 0 saturated heterocycles. The summed E-state index contributed by atoms with van der Waals surface area (Å²) in [6, 6.07) is 16.8. The number of aryl methyl sites for hydroxylation is 2. The molecule has 0 radical (unpaired) electrons. The van der Waals surface area contributed by atoms with Gasteiger partial charge in [-0.05, 0) is 61.9 Å². The number of nitrogens with zero attached hydrogens (tertiary/aromatic N) is 2. The fraction of sp³-hybridized carbons (Fsp3) is 0.0952. The van der Waals surface area contributed by atoms with Gasteiger partial charge in [-0.2, -0.15) is 0 Å². The number of hydrogen-bond donors (Lipinski definition) is 1. The first kappa shape index (κ1) is 16.3. The van der Waals surface area contributed by atoms with Gasteiger partial charge in [0.05, 0.1) is 0 Å². The van der Waals surface area contributed by atoms with Gasteiger partial charge in [0.2, 0.25) is 0 Å². The van der Waals surface area contributed by atoms with Crippen LogP contribution in [0.15, 0.2) is 60.7 Å². The van der Waals surface area contributed by atoms with Crippen molar-refractivity contribution in [3.63, 3.8) is 0 Å². The van der Waals surface area contributed by atoms with Gasteiger partial charge in [0.1, 0.15) is 28.8 Å². The predicted molar refractivity (Wildman–Crippen MR) is 99.7 cm³/mol. The summed E-state index contributed by atoms with van der Waals surface area (Å²) in [6.07, 6.45) is 0. The zero-order valence-corrected chi connectivity index (χ0v) is 14.4. The molecule has 0 aliphatic carbocycles. The van der Waals surface area contributed by atoms with Crippen molar-refractivity contribution >= 4 is 17.2 Å². The maximum absolute atomic E-state index is 14.6. The molecule has 3 nitrogen and oxygen atoms in total. The van der Waals surface area contributed by atoms with Crippen molar-refractivity contribution in [2.24, 2.45) is 0 Å². The van der Waals surface area contributed by atoms with Crippen LogP contribution in [0.2, 0.25) is 0 Å². The maximum atomic E-state index is 14.6. The third kappa shape index (κ3) is 2.71. The number of anilines is 2. The Bertz CT molecular complexity index is 1080. The number of nitrogens with one attached hydrogen (secondary N) is 1. The second kappa shape index (κ2) is 6.26. The van der Waals surface area contributed by atoms with Crippen LogP contribution in [-0.2, 0) is 0 Å². The molecule has 0 fully saturated rings. The highest BCUT2D eigenvalue weighted by molar-refractivity contribution is 5.81. The minimum absolute atomic E-state index is 0.310. The molecule has 0 amide bonds. The highest BCUT2D eigenvalue weighted by Gasteiger charge is 2.20. The number of hydrogen-bond acceptors (Lipinski definition) is 2. The van der Waals surface area contributed by atoms with Crippen molar-refractivity contribution in [3.05, 3.63) is 83.6 Å². The summed E-state index contributed by atoms with van der Waals surface area (Å²) in [5, 5.41) is 3.28. The molecule has 0 bridgehead atoms. The van der Waals surface area contributed by atoms with Crippen molar-refractivity contribution in [2.75, 3.05) is 5.32 Å². The van der Waals surface area contributed by atoms with Crippen LogP contribution in [-0.4, -0.2) is 9.38 Å². The molecule has 2 heterocycles. The molecular formula is C21H17F2N3. The topological polar surface area (TPSA) is 29.3 Å². The molecule has 0 aliphatic rings. The van der Waals surface area contributed by atoms with E-state index in [1.54, 1.807) is 18.2 Å². The van der Waals surface area contributed by atoms with E-state index in [1.807, 2.05) is 42.5 Å². The van der Waals surface area contributed by atoms with E-state index in [4.69, 9.17) is 0 Å². The predicted octanol–water partition coefficient (Wildman–Crippen LogP) is 5.64. The number of halogens is 2. The Morgan fingerprint density at radius 3 is 2.35 bits per heavy atom. The Morgan fingerprint density at radius 1 is 0.885 bits per heavy atom. The SMILES string of the molecule is Cc1cccc(F)c1-c1nc2cccc(C)n2c1Nc1ccc(F)cc1. The van der Waals surface area contributed by atoms with E-state index >= 15 is 0 Å². The molecule has 0 saturated carbocycles. The average molecular weight is 349 g/mol. The van der Waals surface area contributed by atoms with Crippen LogP contribution in [0.3, 0.4) is 0 Å². The van der Waals surface area contributed by atoms with E-state index in [0.717, 1.165) is 11.3 Å². The van der Waals surface area contributed by atoms with Crippen molar-refractivity contribution in [3.8, 4) is 11.3 Å². The third-order valence-electron chi connectivity index (χ3n) is 4.40. The van der Waals surface area contributed by atoms with Crippen LogP contribution in [0.25, 0.3) is 16.9 Å². The Kier molecular flexibility index (Phi) is 3.92. The highest BCUT2D eigenvalue weighted by atomic mass is 19.1. The summed E-state index contributed by atoms with van der Waals surface area (Å²) in [6.45, 7) is 3.82. The monoisotopic (exact) mass is 349 g/mol. The first-order valence-electron chi connectivity index (χ1n) is 8.31. The summed E-state index contributed by atoms with van der Waals surface area (Å²) in [5.74, 6) is 0.0150. The Balaban J connectivity index is 1.98. The zero-order chi connectivity index (χ0) is 18.3. The molecule has 2 aromatic heterocycles. The van der Waals surface area contributed by atoms with Gasteiger partial charge in [-0.25, -0.2) is 13.8 Å². The molecule has 26 heavy (non-hydrogen) atoms. The Labute approximate surface area is 149 Å². The van der Waals surface area contributed by atoms with E-state index in [2.05, 4.69) is 10.3 Å². The van der Waals surface area contributed by atoms with Crippen molar-refractivity contribution in [1.82, 2.24) is 9.38 Å². The molecule has 5 heteroatoms. The van der Waals surface area contributed by atoms with Crippen LogP contribution in [0.1, 0.15) is 11.3 Å². The van der Waals surface area contributed by atoms with E-state index in [1.165, 1.54) is 18.2 Å². The van der Waals surface area contributed by atoms with Crippen molar-refractivity contribution in [1.29, 1.82) is 0 Å². The fourth-order valence-electron chi connectivity index (χ4n) is 3.15. The lowest BCUT2D eigenvalue weighted by Gasteiger charge is -2.12. The smallest absolute Gasteiger partial charge is 0.143 e. The van der Waals surface area contributed by atoms with Crippen LogP contribution in [0, 0.1) is 25.5 Å². The lowest BCUT2D eigenvalue weighted by atomic mass is 10.0. The molecular weight excluding hydrogens is 332 g/mol. The van der Waals surface area contributed by atoms with Gasteiger partial charge in [-0.1, -0.05) is 18.2 Å². The maximum Gasteiger partial charge on any atom is 0.143 e. The summed E-state index contributed by atoms with van der Waals surface area (Å²) in [4.78, 5) is 4.67. The van der Waals surface area contributed by atoms with E-state index in [-0.39, 0.29) is 11.6 Å². The second-order valence-electron chi connectivity index (χ2n) is 6.23. The van der Waals surface area contributed by atoms with E-state index in [0.29, 0.717) is 28.4 Å². The van der Waals surface area contributed by atoms with Crippen LogP contribution in [0.4, 0.5) is 20.3 Å². The lowest BCUT2D eigenvalue weighted by Crippen LogP contribution is -2.00. The fourth-order valence-corrected chi connectivity index (χ4v) is 3.15. The largest absolute Gasteiger partial charge is 0.339 e. The molecule has 4 aromatic rings. The van der Waals surface area contributed by atoms with Gasteiger partial charge >= 0.3 is 0 Å². The van der Waals surface area contributed by atoms with Crippen LogP contribution in [0.5, 0.6) is 0 Å². The first-order valence-corrected chi connectivity index (χ1v) is 8.31. The van der Waals surface area contributed by atoms with E-state index < -0.39 is 0 Å². The minimum Gasteiger partial charge on any atom is -0.339 e. The zero-order valence-electron chi connectivity index (χ0n) is 14.4. The highest BCUT2D eigenvalue weighted by Crippen LogP contribution is 2.35. The molecule has 1 N–H and O–H groups in total. The summed E-state index contributed by atoms with van der Waals surface area (Å²) >= 11 is 0. The summed E-state index contributed by atoms with van der Waals surface area (Å²) < 4.78 is 29.8. The van der Waals surface area contributed by atoms with Crippen molar-refractivity contribution in [2.45, 2.75) is 13.8 Å². The number of imidazole rings is 1. The summed E-state index contributed by atoms with van der Waals surface area (Å²) in [7, 11) is 0. The number of benzene rings is 2. The lowest BCUT2D eigenvalue weighted by molar-refractivity contribution is 0.628. The quantitative estimate of drug-likeness (QED) is 0.519. The van der Waals surface area contributed by atoms with Gasteiger partial charge in [0, 0.05) is 16.9 Å². The van der Waals surface area contributed by atoms with E-state index in [9.17, 15) is 8.78 Å². The molecule has 0 aliphatic heterocycles. The number of aromatic nitrogens is 2. The van der Waals surface area contributed by atoms with Crippen LogP contribution < -0.4 is 5.32 Å². The standard InChI is InChI=1S/C21H17F2N3/c1-13-5-3-7-17(23)19(13)20-21(24-16-11-9-15(22)10-12-16)26-14(2)6-4-8-18(26)25-20/h3-12,24H,1-2H3. The molecule has 0 spiro atoms. The number of fused-ring (bicyclic) bond motifs is 1. The van der Waals surface area contributed by atoms with Gasteiger partial charge in [-0.3, -0.25) is 4.40 Å². The number of rotatable bonds is 3. The van der Waals surface area contributed by atoms with Gasteiger partial charge in [-0.15, -0.1) is 0 Å². The Hall–Kier alpha value is -3.21. The van der Waals surface area contributed by atoms with Gasteiger partial charge < -0.3 is 5.32 Å². The molecule has 0 atom stereocenters. The van der Waals surface area contributed by atoms with Gasteiger partial charge in [0.25, 0.3) is 0 Å². The number of pyridine rings is 1. The normalized spacial score (nSPS) is 11.1. The minimum atomic E-state index is -0.326. The molecule has 130 valence electrons. The molecule has 0 unspecified atom stereocenters. The third-order valence-corrected chi connectivity index (χ3v) is 4.40.